The molecule has 33 heavy (non-hydrogen) atoms. The summed E-state index contributed by atoms with van der Waals surface area (Å²) in [5, 5.41) is 6.63. The highest BCUT2D eigenvalue weighted by Gasteiger charge is 2.21. The van der Waals surface area contributed by atoms with Gasteiger partial charge in [0.15, 0.2) is 5.96 Å². The number of hydrogen-bond donors (Lipinski definition) is 2. The van der Waals surface area contributed by atoms with Gasteiger partial charge in [-0.25, -0.2) is 0 Å². The predicted molar refractivity (Wildman–Crippen MR) is 136 cm³/mol. The third-order valence-corrected chi connectivity index (χ3v) is 6.58. The molecule has 2 aromatic rings. The molecule has 2 heterocycles. The molecule has 2 N–H and O–H groups in total. The molecule has 1 amide bonds. The van der Waals surface area contributed by atoms with E-state index in [9.17, 15) is 4.79 Å². The number of aliphatic imine (C=N–C) groups is 1. The van der Waals surface area contributed by atoms with Crippen molar-refractivity contribution in [3.63, 3.8) is 0 Å². The van der Waals surface area contributed by atoms with Crippen LogP contribution in [0.5, 0.6) is 0 Å². The van der Waals surface area contributed by atoms with E-state index in [1.54, 1.807) is 7.05 Å². The number of para-hydroxylation sites is 1. The average molecular weight is 449 g/mol. The van der Waals surface area contributed by atoms with Gasteiger partial charge < -0.3 is 25.3 Å². The smallest absolute Gasteiger partial charge is 0.242 e. The Hall–Kier alpha value is -3.22. The van der Waals surface area contributed by atoms with Gasteiger partial charge in [-0.05, 0) is 49.6 Å². The zero-order chi connectivity index (χ0) is 23.0. The summed E-state index contributed by atoms with van der Waals surface area (Å²) in [6.45, 7) is 7.82. The summed E-state index contributed by atoms with van der Waals surface area (Å²) in [5.74, 6) is 0.750. The maximum Gasteiger partial charge on any atom is 0.242 e. The number of piperazine rings is 1. The Morgan fingerprint density at radius 3 is 2.27 bits per heavy atom. The van der Waals surface area contributed by atoms with Crippen LogP contribution in [0.25, 0.3) is 0 Å². The Balaban J connectivity index is 1.25. The summed E-state index contributed by atoms with van der Waals surface area (Å²) < 4.78 is 0. The number of nitrogens with one attached hydrogen (secondary N) is 2. The van der Waals surface area contributed by atoms with E-state index in [4.69, 9.17) is 0 Å². The summed E-state index contributed by atoms with van der Waals surface area (Å²) in [6, 6.07) is 19.2. The molecule has 0 radical (unpaired) electrons. The molecule has 2 aromatic carbocycles. The van der Waals surface area contributed by atoms with E-state index in [0.717, 1.165) is 39.3 Å². The van der Waals surface area contributed by atoms with Crippen LogP contribution < -0.4 is 20.4 Å². The van der Waals surface area contributed by atoms with E-state index in [2.05, 4.69) is 80.9 Å². The second-order valence-corrected chi connectivity index (χ2v) is 8.78. The van der Waals surface area contributed by atoms with E-state index in [1.165, 1.54) is 29.8 Å². The first-order valence-corrected chi connectivity index (χ1v) is 12.0. The van der Waals surface area contributed by atoms with Crippen LogP contribution in [0.2, 0.25) is 0 Å². The summed E-state index contributed by atoms with van der Waals surface area (Å²) in [6.07, 6.45) is 2.54. The first-order valence-electron chi connectivity index (χ1n) is 12.0. The molecule has 0 aromatic heterocycles. The van der Waals surface area contributed by atoms with Crippen molar-refractivity contribution in [1.29, 1.82) is 0 Å². The number of nitrogens with zero attached hydrogens (tertiary/aromatic N) is 4. The molecule has 2 fully saturated rings. The highest BCUT2D eigenvalue weighted by atomic mass is 16.2. The highest BCUT2D eigenvalue weighted by molar-refractivity contribution is 5.86. The fourth-order valence-electron chi connectivity index (χ4n) is 4.57. The molecular weight excluding hydrogens is 412 g/mol. The summed E-state index contributed by atoms with van der Waals surface area (Å²) in [5.41, 5.74) is 3.72. The molecule has 0 aliphatic carbocycles. The van der Waals surface area contributed by atoms with Crippen molar-refractivity contribution in [3.05, 3.63) is 60.2 Å². The van der Waals surface area contributed by atoms with Crippen LogP contribution in [0.3, 0.4) is 0 Å². The molecule has 2 aliphatic heterocycles. The Labute approximate surface area is 197 Å². The molecule has 2 aliphatic rings. The van der Waals surface area contributed by atoms with Crippen LogP contribution in [0.4, 0.5) is 11.4 Å². The fourth-order valence-corrected chi connectivity index (χ4v) is 4.57. The molecule has 2 saturated heterocycles. The van der Waals surface area contributed by atoms with Crippen LogP contribution >= 0.6 is 0 Å². The molecule has 4 rings (SSSR count). The lowest BCUT2D eigenvalue weighted by Crippen LogP contribution is -2.52. The van der Waals surface area contributed by atoms with Crippen molar-refractivity contribution in [3.8, 4) is 0 Å². The van der Waals surface area contributed by atoms with E-state index < -0.39 is 0 Å². The number of benzene rings is 2. The predicted octanol–water partition coefficient (Wildman–Crippen LogP) is 2.86. The third-order valence-electron chi connectivity index (χ3n) is 6.58. The van der Waals surface area contributed by atoms with Crippen molar-refractivity contribution >= 4 is 23.2 Å². The molecule has 7 nitrogen and oxygen atoms in total. The average Bonchev–Trinajstić information content (AvgIpc) is 3.42. The van der Waals surface area contributed by atoms with Gasteiger partial charge in [0.1, 0.15) is 0 Å². The third kappa shape index (κ3) is 5.97. The van der Waals surface area contributed by atoms with Gasteiger partial charge in [0.25, 0.3) is 0 Å². The number of carbonyl (C=O) groups is 1. The van der Waals surface area contributed by atoms with Crippen molar-refractivity contribution in [2.75, 3.05) is 62.7 Å². The van der Waals surface area contributed by atoms with Crippen LogP contribution in [0.15, 0.2) is 59.6 Å². The van der Waals surface area contributed by atoms with E-state index in [1.807, 2.05) is 11.0 Å². The Morgan fingerprint density at radius 1 is 0.909 bits per heavy atom. The molecular formula is C26H36N6O. The van der Waals surface area contributed by atoms with E-state index in [0.29, 0.717) is 5.96 Å². The van der Waals surface area contributed by atoms with Crippen molar-refractivity contribution in [2.24, 2.45) is 4.99 Å². The summed E-state index contributed by atoms with van der Waals surface area (Å²) >= 11 is 0. The van der Waals surface area contributed by atoms with Gasteiger partial charge in [-0.2, -0.15) is 0 Å². The molecule has 0 saturated carbocycles. The monoisotopic (exact) mass is 448 g/mol. The van der Waals surface area contributed by atoms with E-state index in [-0.39, 0.29) is 18.5 Å². The number of anilines is 2. The highest BCUT2D eigenvalue weighted by Crippen LogP contribution is 2.24. The largest absolute Gasteiger partial charge is 0.372 e. The van der Waals surface area contributed by atoms with Gasteiger partial charge in [-0.15, -0.1) is 0 Å². The quantitative estimate of drug-likeness (QED) is 0.526. The number of guanidine groups is 1. The number of carbonyl (C=O) groups excluding carboxylic acids is 1. The van der Waals surface area contributed by atoms with Gasteiger partial charge in [-0.3, -0.25) is 9.79 Å². The van der Waals surface area contributed by atoms with Gasteiger partial charge in [0, 0.05) is 57.7 Å². The summed E-state index contributed by atoms with van der Waals surface area (Å²) in [4.78, 5) is 23.8. The first kappa shape index (κ1) is 23.0. The number of rotatable bonds is 6. The number of hydrogen-bond acceptors (Lipinski definition) is 4. The zero-order valence-electron chi connectivity index (χ0n) is 19.8. The minimum Gasteiger partial charge on any atom is -0.372 e. The first-order chi connectivity index (χ1) is 16.1. The van der Waals surface area contributed by atoms with Crippen molar-refractivity contribution < 1.29 is 4.79 Å². The normalized spacial score (nSPS) is 17.8. The van der Waals surface area contributed by atoms with Gasteiger partial charge in [0.2, 0.25) is 5.91 Å². The van der Waals surface area contributed by atoms with Crippen LogP contribution in [0, 0.1) is 0 Å². The maximum atomic E-state index is 12.8. The lowest BCUT2D eigenvalue weighted by molar-refractivity contribution is -0.130. The fraction of sp³-hybridized carbons (Fsp3) is 0.462. The Bertz CT molecular complexity index is 933. The van der Waals surface area contributed by atoms with E-state index >= 15 is 0 Å². The minimum atomic E-state index is 0.0864. The molecule has 0 bridgehead atoms. The van der Waals surface area contributed by atoms with Crippen LogP contribution in [-0.4, -0.2) is 69.6 Å². The van der Waals surface area contributed by atoms with Crippen LogP contribution in [-0.2, 0) is 4.79 Å². The standard InChI is InChI=1S/C26H36N6O/c1-21(22-9-8-12-24(19-22)30-13-6-7-14-30)29-26(27-2)28-20-25(33)32-17-15-31(16-18-32)23-10-4-3-5-11-23/h3-5,8-12,19,21H,6-7,13-18,20H2,1-2H3,(H2,27,28,29). The van der Waals surface area contributed by atoms with Crippen molar-refractivity contribution in [2.45, 2.75) is 25.8 Å². The molecule has 7 heteroatoms. The van der Waals surface area contributed by atoms with Crippen LogP contribution in [0.1, 0.15) is 31.4 Å². The lowest BCUT2D eigenvalue weighted by Gasteiger charge is -2.36. The van der Waals surface area contributed by atoms with Crippen molar-refractivity contribution in [1.82, 2.24) is 15.5 Å². The topological polar surface area (TPSA) is 63.2 Å². The zero-order valence-corrected chi connectivity index (χ0v) is 19.8. The second kappa shape index (κ2) is 11.1. The molecule has 1 atom stereocenters. The molecule has 176 valence electrons. The molecule has 1 unspecified atom stereocenters. The minimum absolute atomic E-state index is 0.0864. The maximum absolute atomic E-state index is 12.8. The second-order valence-electron chi connectivity index (χ2n) is 8.78. The Kier molecular flexibility index (Phi) is 7.70. The van der Waals surface area contributed by atoms with Gasteiger partial charge >= 0.3 is 0 Å². The Morgan fingerprint density at radius 2 is 1.58 bits per heavy atom. The number of amides is 1. The SMILES string of the molecule is CN=C(NCC(=O)N1CCN(c2ccccc2)CC1)NC(C)c1cccc(N2CCCC2)c1. The molecule has 0 spiro atoms. The lowest BCUT2D eigenvalue weighted by atomic mass is 10.1. The summed E-state index contributed by atoms with van der Waals surface area (Å²) in [7, 11) is 1.74. The van der Waals surface area contributed by atoms with Gasteiger partial charge in [-0.1, -0.05) is 30.3 Å². The van der Waals surface area contributed by atoms with Gasteiger partial charge in [0.05, 0.1) is 12.6 Å².